The molecule has 0 atom stereocenters. The fraction of sp³-hybridized carbons (Fsp3) is 0.0833. The van der Waals surface area contributed by atoms with Crippen molar-refractivity contribution >= 4 is 17.5 Å². The fourth-order valence-electron chi connectivity index (χ4n) is 1.29. The molecule has 0 aliphatic rings. The maximum atomic E-state index is 12.9. The van der Waals surface area contributed by atoms with Gasteiger partial charge in [-0.1, -0.05) is 6.07 Å². The fourth-order valence-corrected chi connectivity index (χ4v) is 2.11. The molecule has 2 rings (SSSR count). The van der Waals surface area contributed by atoms with E-state index < -0.39 is 0 Å². The number of halogens is 1. The molecule has 2 aromatic rings. The Morgan fingerprint density at radius 3 is 2.88 bits per heavy atom. The maximum absolute atomic E-state index is 12.9. The smallest absolute Gasteiger partial charge is 0.189 e. The molecule has 0 saturated heterocycles. The number of Topliss-reactive ketones (excluding diaryl/α,β-unsaturated/α-hetero) is 1. The second-order valence-electron chi connectivity index (χ2n) is 3.25. The highest BCUT2D eigenvalue weighted by molar-refractivity contribution is 8.00. The lowest BCUT2D eigenvalue weighted by Gasteiger charge is -2.00. The molecule has 4 heteroatoms. The van der Waals surface area contributed by atoms with Crippen molar-refractivity contribution in [2.45, 2.75) is 4.90 Å². The number of carbonyl (C=O) groups excluding carboxylic acids is 1. The number of carbonyl (C=O) groups is 1. The van der Waals surface area contributed by atoms with Crippen molar-refractivity contribution in [3.05, 3.63) is 54.1 Å². The highest BCUT2D eigenvalue weighted by Gasteiger charge is 2.06. The van der Waals surface area contributed by atoms with Crippen LogP contribution in [0.3, 0.4) is 0 Å². The molecule has 82 valence electrons. The number of nitrogens with one attached hydrogen (secondary N) is 1. The van der Waals surface area contributed by atoms with E-state index in [1.807, 2.05) is 0 Å². The van der Waals surface area contributed by atoms with Gasteiger partial charge in [-0.2, -0.15) is 0 Å². The summed E-state index contributed by atoms with van der Waals surface area (Å²) in [4.78, 5) is 15.2. The third-order valence-corrected chi connectivity index (χ3v) is 3.06. The Morgan fingerprint density at radius 1 is 1.31 bits per heavy atom. The Bertz CT molecular complexity index is 482. The van der Waals surface area contributed by atoms with Crippen molar-refractivity contribution in [1.29, 1.82) is 0 Å². The zero-order valence-corrected chi connectivity index (χ0v) is 9.26. The maximum Gasteiger partial charge on any atom is 0.189 e. The lowest BCUT2D eigenvalue weighted by molar-refractivity contribution is 0.101. The van der Waals surface area contributed by atoms with E-state index in [1.54, 1.807) is 30.5 Å². The normalized spacial score (nSPS) is 10.3. The van der Waals surface area contributed by atoms with Crippen LogP contribution < -0.4 is 0 Å². The number of aromatic nitrogens is 1. The average Bonchev–Trinajstić information content (AvgIpc) is 2.79. The van der Waals surface area contributed by atoms with E-state index in [2.05, 4.69) is 4.98 Å². The Morgan fingerprint density at radius 2 is 2.19 bits per heavy atom. The Balaban J connectivity index is 1.95. The van der Waals surface area contributed by atoms with Crippen molar-refractivity contribution < 1.29 is 9.18 Å². The molecule has 0 spiro atoms. The first-order valence-corrected chi connectivity index (χ1v) is 5.79. The van der Waals surface area contributed by atoms with Crippen LogP contribution in [0.25, 0.3) is 0 Å². The van der Waals surface area contributed by atoms with Crippen LogP contribution in [0.5, 0.6) is 0 Å². The number of aromatic amines is 1. The minimum Gasteiger partial charge on any atom is -0.359 e. The average molecular weight is 235 g/mol. The number of hydrogen-bond acceptors (Lipinski definition) is 2. The first-order valence-electron chi connectivity index (χ1n) is 4.80. The molecule has 16 heavy (non-hydrogen) atoms. The summed E-state index contributed by atoms with van der Waals surface area (Å²) in [6, 6.07) is 9.74. The van der Waals surface area contributed by atoms with Crippen molar-refractivity contribution in [3.8, 4) is 0 Å². The molecule has 0 fully saturated rings. The van der Waals surface area contributed by atoms with Crippen LogP contribution in [0.4, 0.5) is 4.39 Å². The van der Waals surface area contributed by atoms with Gasteiger partial charge in [0.15, 0.2) is 5.78 Å². The largest absolute Gasteiger partial charge is 0.359 e. The molecule has 0 amide bonds. The Labute approximate surface area is 96.9 Å². The van der Waals surface area contributed by atoms with Gasteiger partial charge in [0.25, 0.3) is 0 Å². The standard InChI is InChI=1S/C12H10FNOS/c13-9-3-1-4-10(7-9)16-8-12(15)11-5-2-6-14-11/h1-7,14H,8H2. The number of rotatable bonds is 4. The molecule has 0 aliphatic carbocycles. The van der Waals surface area contributed by atoms with Crippen LogP contribution in [0.15, 0.2) is 47.5 Å². The Hall–Kier alpha value is -1.55. The number of ketones is 1. The van der Waals surface area contributed by atoms with Crippen molar-refractivity contribution in [2.24, 2.45) is 0 Å². The molecule has 1 aromatic heterocycles. The number of benzene rings is 1. The molecular formula is C12H10FNOS. The zero-order chi connectivity index (χ0) is 11.4. The van der Waals surface area contributed by atoms with Gasteiger partial charge < -0.3 is 4.98 Å². The monoisotopic (exact) mass is 235 g/mol. The van der Waals surface area contributed by atoms with Crippen LogP contribution >= 0.6 is 11.8 Å². The minimum atomic E-state index is -0.280. The molecule has 1 N–H and O–H groups in total. The Kier molecular flexibility index (Phi) is 3.41. The molecule has 0 unspecified atom stereocenters. The summed E-state index contributed by atoms with van der Waals surface area (Å²) in [6.45, 7) is 0. The summed E-state index contributed by atoms with van der Waals surface area (Å²) in [7, 11) is 0. The number of thioether (sulfide) groups is 1. The van der Waals surface area contributed by atoms with Gasteiger partial charge in [-0.15, -0.1) is 11.8 Å². The molecule has 0 bridgehead atoms. The van der Waals surface area contributed by atoms with E-state index >= 15 is 0 Å². The summed E-state index contributed by atoms with van der Waals surface area (Å²) in [6.07, 6.45) is 1.71. The molecule has 0 saturated carbocycles. The van der Waals surface area contributed by atoms with Crippen molar-refractivity contribution in [3.63, 3.8) is 0 Å². The van der Waals surface area contributed by atoms with E-state index in [0.29, 0.717) is 11.4 Å². The van der Waals surface area contributed by atoms with E-state index in [4.69, 9.17) is 0 Å². The highest BCUT2D eigenvalue weighted by atomic mass is 32.2. The van der Waals surface area contributed by atoms with Crippen molar-refractivity contribution in [1.82, 2.24) is 4.98 Å². The topological polar surface area (TPSA) is 32.9 Å². The predicted molar refractivity (Wildman–Crippen MR) is 62.2 cm³/mol. The molecular weight excluding hydrogens is 225 g/mol. The molecule has 1 aromatic carbocycles. The lowest BCUT2D eigenvalue weighted by Crippen LogP contribution is -2.02. The van der Waals surface area contributed by atoms with Gasteiger partial charge in [0.05, 0.1) is 11.4 Å². The van der Waals surface area contributed by atoms with Gasteiger partial charge in [0, 0.05) is 11.1 Å². The van der Waals surface area contributed by atoms with E-state index in [1.165, 1.54) is 23.9 Å². The number of H-pyrrole nitrogens is 1. The van der Waals surface area contributed by atoms with E-state index in [-0.39, 0.29) is 11.6 Å². The van der Waals surface area contributed by atoms with Gasteiger partial charge in [0.1, 0.15) is 5.82 Å². The molecule has 1 heterocycles. The quantitative estimate of drug-likeness (QED) is 0.652. The second-order valence-corrected chi connectivity index (χ2v) is 4.30. The SMILES string of the molecule is O=C(CSc1cccc(F)c1)c1ccc[nH]1. The predicted octanol–water partition coefficient (Wildman–Crippen LogP) is 3.13. The molecule has 2 nitrogen and oxygen atoms in total. The first-order chi connectivity index (χ1) is 7.75. The summed E-state index contributed by atoms with van der Waals surface area (Å²) in [5, 5.41) is 0. The minimum absolute atomic E-state index is 0.0132. The first kappa shape index (κ1) is 11.0. The molecule has 0 radical (unpaired) electrons. The van der Waals surface area contributed by atoms with Gasteiger partial charge in [-0.05, 0) is 30.3 Å². The van der Waals surface area contributed by atoms with Crippen LogP contribution in [-0.2, 0) is 0 Å². The summed E-state index contributed by atoms with van der Waals surface area (Å²) < 4.78 is 12.9. The highest BCUT2D eigenvalue weighted by Crippen LogP contribution is 2.19. The van der Waals surface area contributed by atoms with Crippen LogP contribution in [0.2, 0.25) is 0 Å². The third kappa shape index (κ3) is 2.73. The summed E-state index contributed by atoms with van der Waals surface area (Å²) in [5.74, 6) is 0.0424. The third-order valence-electron chi connectivity index (χ3n) is 2.06. The van der Waals surface area contributed by atoms with E-state index in [0.717, 1.165) is 4.90 Å². The van der Waals surface area contributed by atoms with Crippen LogP contribution in [-0.4, -0.2) is 16.5 Å². The summed E-state index contributed by atoms with van der Waals surface area (Å²) in [5.41, 5.74) is 0.587. The van der Waals surface area contributed by atoms with E-state index in [9.17, 15) is 9.18 Å². The molecule has 0 aliphatic heterocycles. The van der Waals surface area contributed by atoms with Gasteiger partial charge >= 0.3 is 0 Å². The van der Waals surface area contributed by atoms with Gasteiger partial charge in [-0.25, -0.2) is 4.39 Å². The lowest BCUT2D eigenvalue weighted by atomic mass is 10.3. The van der Waals surface area contributed by atoms with Crippen LogP contribution in [0, 0.1) is 5.82 Å². The van der Waals surface area contributed by atoms with Gasteiger partial charge in [0.2, 0.25) is 0 Å². The van der Waals surface area contributed by atoms with Crippen LogP contribution in [0.1, 0.15) is 10.5 Å². The van der Waals surface area contributed by atoms with Gasteiger partial charge in [-0.3, -0.25) is 4.79 Å². The number of hydrogen-bond donors (Lipinski definition) is 1. The second kappa shape index (κ2) is 4.99. The summed E-state index contributed by atoms with van der Waals surface area (Å²) >= 11 is 1.33. The van der Waals surface area contributed by atoms with Crippen molar-refractivity contribution in [2.75, 3.05) is 5.75 Å². The zero-order valence-electron chi connectivity index (χ0n) is 8.44.